The fourth-order valence-electron chi connectivity index (χ4n) is 0.817. The van der Waals surface area contributed by atoms with E-state index >= 15 is 0 Å². The standard InChI is InChI=1S/C9H10NO/c1-2-8-10(11)9-6-4-3-5-7-9/h2-7H,1,8H2/q+1. The van der Waals surface area contributed by atoms with Gasteiger partial charge in [0.1, 0.15) is 0 Å². The molecule has 0 saturated heterocycles. The van der Waals surface area contributed by atoms with Crippen LogP contribution in [0.5, 0.6) is 0 Å². The minimum atomic E-state index is 0.337. The average Bonchev–Trinajstić information content (AvgIpc) is 2.07. The number of benzene rings is 1. The zero-order chi connectivity index (χ0) is 8.10. The molecule has 0 radical (unpaired) electrons. The Kier molecular flexibility index (Phi) is 2.55. The lowest BCUT2D eigenvalue weighted by Gasteiger charge is -1.86. The Morgan fingerprint density at radius 3 is 2.55 bits per heavy atom. The van der Waals surface area contributed by atoms with E-state index in [0.717, 1.165) is 4.76 Å². The highest BCUT2D eigenvalue weighted by Crippen LogP contribution is 2.08. The molecule has 0 aliphatic heterocycles. The monoisotopic (exact) mass is 148 g/mol. The summed E-state index contributed by atoms with van der Waals surface area (Å²) in [5, 5.41) is 0. The van der Waals surface area contributed by atoms with Gasteiger partial charge in [-0.05, 0) is 6.08 Å². The zero-order valence-electron chi connectivity index (χ0n) is 6.23. The second-order valence-corrected chi connectivity index (χ2v) is 2.19. The SMILES string of the molecule is C=CC[N+](=O)c1ccccc1. The van der Waals surface area contributed by atoms with E-state index in [1.807, 2.05) is 18.2 Å². The summed E-state index contributed by atoms with van der Waals surface area (Å²) >= 11 is 0. The average molecular weight is 148 g/mol. The molecule has 2 nitrogen and oxygen atoms in total. The van der Waals surface area contributed by atoms with Crippen LogP contribution in [0.15, 0.2) is 43.0 Å². The van der Waals surface area contributed by atoms with Crippen molar-refractivity contribution in [1.29, 1.82) is 0 Å². The van der Waals surface area contributed by atoms with Gasteiger partial charge in [0, 0.05) is 21.8 Å². The van der Waals surface area contributed by atoms with Gasteiger partial charge in [-0.2, -0.15) is 0 Å². The van der Waals surface area contributed by atoms with E-state index in [2.05, 4.69) is 6.58 Å². The number of nitroso groups, excluding NO2 is 1. The van der Waals surface area contributed by atoms with Gasteiger partial charge in [-0.25, -0.2) is 0 Å². The molecule has 2 heteroatoms. The van der Waals surface area contributed by atoms with Crippen LogP contribution in [0.2, 0.25) is 0 Å². The minimum absolute atomic E-state index is 0.337. The van der Waals surface area contributed by atoms with Crippen LogP contribution in [0.4, 0.5) is 5.69 Å². The van der Waals surface area contributed by atoms with Crippen molar-refractivity contribution in [3.8, 4) is 0 Å². The molecule has 0 aliphatic rings. The summed E-state index contributed by atoms with van der Waals surface area (Å²) in [5.41, 5.74) is 0.674. The normalized spacial score (nSPS) is 9.09. The first-order chi connectivity index (χ1) is 5.34. The van der Waals surface area contributed by atoms with Crippen molar-refractivity contribution < 1.29 is 4.76 Å². The van der Waals surface area contributed by atoms with Gasteiger partial charge in [-0.15, -0.1) is 0 Å². The van der Waals surface area contributed by atoms with Crippen LogP contribution in [-0.4, -0.2) is 11.3 Å². The minimum Gasteiger partial charge on any atom is -0.0967 e. The van der Waals surface area contributed by atoms with Crippen LogP contribution in [0.1, 0.15) is 0 Å². The van der Waals surface area contributed by atoms with E-state index in [1.54, 1.807) is 18.2 Å². The van der Waals surface area contributed by atoms with Gasteiger partial charge in [-0.3, -0.25) is 0 Å². The van der Waals surface area contributed by atoms with E-state index in [9.17, 15) is 4.91 Å². The fourth-order valence-corrected chi connectivity index (χ4v) is 0.817. The molecule has 0 aromatic heterocycles. The van der Waals surface area contributed by atoms with Crippen LogP contribution >= 0.6 is 0 Å². The van der Waals surface area contributed by atoms with E-state index in [4.69, 9.17) is 0 Å². The first-order valence-corrected chi connectivity index (χ1v) is 3.45. The first-order valence-electron chi connectivity index (χ1n) is 3.45. The summed E-state index contributed by atoms with van der Waals surface area (Å²) in [5.74, 6) is 0. The summed E-state index contributed by atoms with van der Waals surface area (Å²) < 4.78 is 0.896. The Morgan fingerprint density at radius 2 is 2.00 bits per heavy atom. The summed E-state index contributed by atoms with van der Waals surface area (Å²) in [6.07, 6.45) is 1.58. The third kappa shape index (κ3) is 2.00. The van der Waals surface area contributed by atoms with Gasteiger partial charge in [0.2, 0.25) is 6.54 Å². The number of nitrogens with zero attached hydrogens (tertiary/aromatic N) is 1. The van der Waals surface area contributed by atoms with Gasteiger partial charge in [0.25, 0.3) is 5.69 Å². The molecule has 0 spiro atoms. The van der Waals surface area contributed by atoms with Crippen molar-refractivity contribution in [2.45, 2.75) is 0 Å². The van der Waals surface area contributed by atoms with E-state index < -0.39 is 0 Å². The summed E-state index contributed by atoms with van der Waals surface area (Å²) in [7, 11) is 0. The first kappa shape index (κ1) is 7.66. The molecule has 1 rings (SSSR count). The topological polar surface area (TPSA) is 20.1 Å². The van der Waals surface area contributed by atoms with Crippen LogP contribution in [0.25, 0.3) is 0 Å². The number of rotatable bonds is 3. The quantitative estimate of drug-likeness (QED) is 0.475. The summed E-state index contributed by atoms with van der Waals surface area (Å²) in [6, 6.07) is 9.10. The highest BCUT2D eigenvalue weighted by atomic mass is 16.3. The predicted octanol–water partition coefficient (Wildman–Crippen LogP) is 2.28. The lowest BCUT2D eigenvalue weighted by molar-refractivity contribution is -0.451. The van der Waals surface area contributed by atoms with Crippen molar-refractivity contribution in [3.05, 3.63) is 47.9 Å². The number of hydrogen-bond acceptors (Lipinski definition) is 1. The number of hydrogen-bond donors (Lipinski definition) is 0. The molecule has 0 saturated carbocycles. The molecule has 1 aromatic carbocycles. The highest BCUT2D eigenvalue weighted by Gasteiger charge is 2.07. The largest absolute Gasteiger partial charge is 0.256 e. The molecule has 0 aliphatic carbocycles. The maximum absolute atomic E-state index is 11.1. The highest BCUT2D eigenvalue weighted by molar-refractivity contribution is 5.28. The van der Waals surface area contributed by atoms with Gasteiger partial charge in [-0.1, -0.05) is 24.8 Å². The van der Waals surface area contributed by atoms with E-state index in [1.165, 1.54) is 0 Å². The third-order valence-electron chi connectivity index (χ3n) is 1.34. The van der Waals surface area contributed by atoms with Crippen molar-refractivity contribution in [1.82, 2.24) is 0 Å². The van der Waals surface area contributed by atoms with Gasteiger partial charge >= 0.3 is 0 Å². The lowest BCUT2D eigenvalue weighted by Crippen LogP contribution is -1.98. The van der Waals surface area contributed by atoms with Crippen molar-refractivity contribution in [3.63, 3.8) is 0 Å². The van der Waals surface area contributed by atoms with Crippen molar-refractivity contribution in [2.24, 2.45) is 0 Å². The second kappa shape index (κ2) is 3.66. The molecule has 11 heavy (non-hydrogen) atoms. The molecule has 0 bridgehead atoms. The Balaban J connectivity index is 2.77. The van der Waals surface area contributed by atoms with E-state index in [-0.39, 0.29) is 0 Å². The summed E-state index contributed by atoms with van der Waals surface area (Å²) in [4.78, 5) is 11.1. The molecule has 1 aromatic rings. The smallest absolute Gasteiger partial charge is 0.0967 e. The maximum Gasteiger partial charge on any atom is 0.256 e. The summed E-state index contributed by atoms with van der Waals surface area (Å²) in [6.45, 7) is 3.82. The van der Waals surface area contributed by atoms with Crippen molar-refractivity contribution in [2.75, 3.05) is 6.54 Å². The van der Waals surface area contributed by atoms with E-state index in [0.29, 0.717) is 12.2 Å². The Morgan fingerprint density at radius 1 is 1.36 bits per heavy atom. The molecule has 0 amide bonds. The van der Waals surface area contributed by atoms with Crippen molar-refractivity contribution >= 4 is 5.69 Å². The molecule has 0 unspecified atom stereocenters. The molecule has 0 atom stereocenters. The van der Waals surface area contributed by atoms with Crippen LogP contribution < -0.4 is 0 Å². The Hall–Kier alpha value is -1.44. The van der Waals surface area contributed by atoms with Gasteiger partial charge in [0.05, 0.1) is 0 Å². The number of para-hydroxylation sites is 1. The van der Waals surface area contributed by atoms with Crippen LogP contribution in [-0.2, 0) is 0 Å². The second-order valence-electron chi connectivity index (χ2n) is 2.19. The van der Waals surface area contributed by atoms with Gasteiger partial charge in [0.15, 0.2) is 0 Å². The molecule has 56 valence electrons. The predicted molar refractivity (Wildman–Crippen MR) is 44.8 cm³/mol. The molecular formula is C9H10NO+. The lowest BCUT2D eigenvalue weighted by atomic mass is 10.3. The molecular weight excluding hydrogens is 138 g/mol. The van der Waals surface area contributed by atoms with Crippen LogP contribution in [0.3, 0.4) is 0 Å². The molecule has 0 heterocycles. The maximum atomic E-state index is 11.1. The third-order valence-corrected chi connectivity index (χ3v) is 1.34. The van der Waals surface area contributed by atoms with Crippen LogP contribution in [0, 0.1) is 4.91 Å². The van der Waals surface area contributed by atoms with Gasteiger partial charge < -0.3 is 0 Å². The fraction of sp³-hybridized carbons (Fsp3) is 0.111. The molecule has 0 N–H and O–H groups in total. The Labute approximate surface area is 65.7 Å². The molecule has 0 fully saturated rings. The Bertz CT molecular complexity index is 254. The zero-order valence-corrected chi connectivity index (χ0v) is 6.23.